The summed E-state index contributed by atoms with van der Waals surface area (Å²) >= 11 is 0. The van der Waals surface area contributed by atoms with Gasteiger partial charge in [-0.25, -0.2) is 4.98 Å². The van der Waals surface area contributed by atoms with Gasteiger partial charge in [-0.1, -0.05) is 17.3 Å². The summed E-state index contributed by atoms with van der Waals surface area (Å²) in [5.74, 6) is 0.520. The highest BCUT2D eigenvalue weighted by Crippen LogP contribution is 2.18. The molecule has 5 heteroatoms. The molecule has 0 saturated carbocycles. The van der Waals surface area contributed by atoms with Crippen molar-refractivity contribution in [1.29, 1.82) is 5.26 Å². The second-order valence-corrected chi connectivity index (χ2v) is 3.93. The van der Waals surface area contributed by atoms with E-state index in [1.165, 1.54) is 0 Å². The molecule has 0 radical (unpaired) electrons. The fourth-order valence-corrected chi connectivity index (χ4v) is 1.87. The molecule has 0 aliphatic carbocycles. The summed E-state index contributed by atoms with van der Waals surface area (Å²) in [7, 11) is 0. The highest BCUT2D eigenvalue weighted by Gasteiger charge is 2.12. The van der Waals surface area contributed by atoms with Gasteiger partial charge in [0.1, 0.15) is 11.6 Å². The maximum absolute atomic E-state index is 9.22. The fourth-order valence-electron chi connectivity index (χ4n) is 1.87. The Kier molecular flexibility index (Phi) is 2.27. The van der Waals surface area contributed by atoms with E-state index < -0.39 is 0 Å². The molecule has 0 amide bonds. The lowest BCUT2D eigenvalue weighted by molar-refractivity contribution is 0.797. The molecule has 3 rings (SSSR count). The smallest absolute Gasteiger partial charge is 0.174 e. The lowest BCUT2D eigenvalue weighted by Crippen LogP contribution is -2.04. The van der Waals surface area contributed by atoms with E-state index in [1.54, 1.807) is 16.9 Å². The lowest BCUT2D eigenvalue weighted by atomic mass is 10.1. The Hall–Kier alpha value is -2.74. The second-order valence-electron chi connectivity index (χ2n) is 3.93. The van der Waals surface area contributed by atoms with Crippen LogP contribution in [-0.2, 0) is 0 Å². The van der Waals surface area contributed by atoms with Crippen molar-refractivity contribution >= 4 is 11.0 Å². The van der Waals surface area contributed by atoms with E-state index in [0.717, 1.165) is 16.6 Å². The Labute approximate surface area is 103 Å². The van der Waals surface area contributed by atoms with E-state index in [2.05, 4.69) is 21.4 Å². The van der Waals surface area contributed by atoms with E-state index in [0.29, 0.717) is 11.4 Å². The number of rotatable bonds is 1. The van der Waals surface area contributed by atoms with Crippen LogP contribution in [0, 0.1) is 18.3 Å². The fraction of sp³-hybridized carbons (Fsp3) is 0.0769. The molecule has 0 N–H and O–H groups in total. The molecule has 0 spiro atoms. The van der Waals surface area contributed by atoms with Gasteiger partial charge in [-0.2, -0.15) is 9.94 Å². The summed E-state index contributed by atoms with van der Waals surface area (Å²) in [6.45, 7) is 1.88. The van der Waals surface area contributed by atoms with E-state index >= 15 is 0 Å². The van der Waals surface area contributed by atoms with Crippen LogP contribution in [0.4, 0.5) is 0 Å². The van der Waals surface area contributed by atoms with Crippen LogP contribution in [0.1, 0.15) is 11.1 Å². The number of benzene rings is 1. The van der Waals surface area contributed by atoms with Crippen molar-refractivity contribution in [1.82, 2.24) is 20.0 Å². The zero-order valence-electron chi connectivity index (χ0n) is 9.70. The zero-order valence-corrected chi connectivity index (χ0v) is 9.70. The minimum atomic E-state index is 0.520. The molecule has 0 fully saturated rings. The first-order chi connectivity index (χ1) is 8.81. The second kappa shape index (κ2) is 3.93. The Bertz CT molecular complexity index is 766. The van der Waals surface area contributed by atoms with Crippen LogP contribution in [0.2, 0.25) is 0 Å². The molecule has 0 aliphatic heterocycles. The van der Waals surface area contributed by atoms with Crippen molar-refractivity contribution in [2.24, 2.45) is 0 Å². The van der Waals surface area contributed by atoms with Gasteiger partial charge in [0, 0.05) is 6.20 Å². The molecular weight excluding hydrogens is 226 g/mol. The molecule has 18 heavy (non-hydrogen) atoms. The SMILES string of the molecule is Cc1ccnc(-n2nnc3ccccc32)c1C#N. The number of pyridine rings is 1. The monoisotopic (exact) mass is 235 g/mol. The van der Waals surface area contributed by atoms with Gasteiger partial charge in [-0.15, -0.1) is 5.10 Å². The Morgan fingerprint density at radius 3 is 2.89 bits per heavy atom. The van der Waals surface area contributed by atoms with E-state index in [-0.39, 0.29) is 0 Å². The maximum Gasteiger partial charge on any atom is 0.174 e. The Morgan fingerprint density at radius 1 is 1.22 bits per heavy atom. The molecule has 1 aromatic carbocycles. The summed E-state index contributed by atoms with van der Waals surface area (Å²) in [6, 6.07) is 11.6. The largest absolute Gasteiger partial charge is 0.236 e. The summed E-state index contributed by atoms with van der Waals surface area (Å²) in [6.07, 6.45) is 1.67. The molecule has 3 aromatic rings. The first-order valence-electron chi connectivity index (χ1n) is 5.48. The first kappa shape index (κ1) is 10.4. The van der Waals surface area contributed by atoms with Gasteiger partial charge in [0.2, 0.25) is 0 Å². The van der Waals surface area contributed by atoms with Gasteiger partial charge in [0.05, 0.1) is 11.1 Å². The predicted molar refractivity (Wildman–Crippen MR) is 66.1 cm³/mol. The van der Waals surface area contributed by atoms with Crippen molar-refractivity contribution in [3.63, 3.8) is 0 Å². The molecule has 0 bridgehead atoms. The molecule has 0 aliphatic rings. The average molecular weight is 235 g/mol. The number of hydrogen-bond acceptors (Lipinski definition) is 4. The van der Waals surface area contributed by atoms with Gasteiger partial charge in [-0.05, 0) is 30.7 Å². The quantitative estimate of drug-likeness (QED) is 0.647. The summed E-state index contributed by atoms with van der Waals surface area (Å²) in [5.41, 5.74) is 3.02. The van der Waals surface area contributed by atoms with Gasteiger partial charge < -0.3 is 0 Å². The number of hydrogen-bond donors (Lipinski definition) is 0. The minimum Gasteiger partial charge on any atom is -0.236 e. The molecule has 5 nitrogen and oxygen atoms in total. The Morgan fingerprint density at radius 2 is 2.06 bits per heavy atom. The van der Waals surface area contributed by atoms with Crippen molar-refractivity contribution in [3.05, 3.63) is 47.7 Å². The van der Waals surface area contributed by atoms with E-state index in [1.807, 2.05) is 31.2 Å². The van der Waals surface area contributed by atoms with Crippen LogP contribution >= 0.6 is 0 Å². The molecule has 0 saturated heterocycles. The number of nitriles is 1. The molecule has 86 valence electrons. The van der Waals surface area contributed by atoms with Crippen LogP contribution in [0.15, 0.2) is 36.5 Å². The third kappa shape index (κ3) is 1.44. The van der Waals surface area contributed by atoms with Crippen molar-refractivity contribution in [2.75, 3.05) is 0 Å². The highest BCUT2D eigenvalue weighted by atomic mass is 15.4. The molecule has 2 heterocycles. The van der Waals surface area contributed by atoms with Crippen molar-refractivity contribution in [2.45, 2.75) is 6.92 Å². The highest BCUT2D eigenvalue weighted by molar-refractivity contribution is 5.76. The predicted octanol–water partition coefficient (Wildman–Crippen LogP) is 2.00. The topological polar surface area (TPSA) is 67.4 Å². The third-order valence-corrected chi connectivity index (χ3v) is 2.80. The van der Waals surface area contributed by atoms with Crippen molar-refractivity contribution in [3.8, 4) is 11.9 Å². The average Bonchev–Trinajstić information content (AvgIpc) is 2.82. The summed E-state index contributed by atoms with van der Waals surface area (Å²) in [5, 5.41) is 17.4. The zero-order chi connectivity index (χ0) is 12.5. The minimum absolute atomic E-state index is 0.520. The number of nitrogens with zero attached hydrogens (tertiary/aromatic N) is 5. The summed E-state index contributed by atoms with van der Waals surface area (Å²) < 4.78 is 1.60. The van der Waals surface area contributed by atoms with Crippen molar-refractivity contribution < 1.29 is 0 Å². The normalized spacial score (nSPS) is 10.4. The van der Waals surface area contributed by atoms with Crippen LogP contribution in [-0.4, -0.2) is 20.0 Å². The first-order valence-corrected chi connectivity index (χ1v) is 5.48. The van der Waals surface area contributed by atoms with Crippen LogP contribution < -0.4 is 0 Å². The number of fused-ring (bicyclic) bond motifs is 1. The molecular formula is C13H9N5. The van der Waals surface area contributed by atoms with Gasteiger partial charge in [0.15, 0.2) is 5.82 Å². The number of aromatic nitrogens is 4. The number of aryl methyl sites for hydroxylation is 1. The van der Waals surface area contributed by atoms with Gasteiger partial charge >= 0.3 is 0 Å². The third-order valence-electron chi connectivity index (χ3n) is 2.80. The van der Waals surface area contributed by atoms with Crippen LogP contribution in [0.5, 0.6) is 0 Å². The molecule has 0 unspecified atom stereocenters. The standard InChI is InChI=1S/C13H9N5/c1-9-6-7-15-13(10(9)8-14)18-12-5-3-2-4-11(12)16-17-18/h2-7H,1H3. The van der Waals surface area contributed by atoms with Gasteiger partial charge in [0.25, 0.3) is 0 Å². The Balaban J connectivity index is 2.34. The van der Waals surface area contributed by atoms with E-state index in [9.17, 15) is 5.26 Å². The number of para-hydroxylation sites is 1. The summed E-state index contributed by atoms with van der Waals surface area (Å²) in [4.78, 5) is 4.24. The van der Waals surface area contributed by atoms with Crippen LogP contribution in [0.3, 0.4) is 0 Å². The molecule has 0 atom stereocenters. The lowest BCUT2D eigenvalue weighted by Gasteiger charge is -2.05. The van der Waals surface area contributed by atoms with Gasteiger partial charge in [-0.3, -0.25) is 0 Å². The molecule has 2 aromatic heterocycles. The van der Waals surface area contributed by atoms with E-state index in [4.69, 9.17) is 0 Å². The maximum atomic E-state index is 9.22. The van der Waals surface area contributed by atoms with Crippen LogP contribution in [0.25, 0.3) is 16.9 Å².